The normalized spacial score (nSPS) is 14.1. The highest BCUT2D eigenvalue weighted by Gasteiger charge is 2.16. The number of nitrogens with one attached hydrogen (secondary N) is 2. The molecular weight excluding hydrogens is 524 g/mol. The van der Waals surface area contributed by atoms with Gasteiger partial charge in [-0.1, -0.05) is 29.8 Å². The van der Waals surface area contributed by atoms with Gasteiger partial charge in [0.1, 0.15) is 11.6 Å². The van der Waals surface area contributed by atoms with Gasteiger partial charge >= 0.3 is 0 Å². The molecule has 1 aliphatic heterocycles. The fourth-order valence-electron chi connectivity index (χ4n) is 5.15. The molecule has 214 valence electrons. The summed E-state index contributed by atoms with van der Waals surface area (Å²) >= 11 is 0. The third kappa shape index (κ3) is 7.37. The van der Waals surface area contributed by atoms with Gasteiger partial charge in [-0.25, -0.2) is 15.0 Å². The van der Waals surface area contributed by atoms with E-state index in [0.717, 1.165) is 79.9 Å². The van der Waals surface area contributed by atoms with E-state index >= 15 is 0 Å². The van der Waals surface area contributed by atoms with Crippen LogP contribution in [-0.2, 0) is 6.54 Å². The van der Waals surface area contributed by atoms with Crippen LogP contribution >= 0.6 is 0 Å². The summed E-state index contributed by atoms with van der Waals surface area (Å²) in [6.07, 6.45) is 8.28. The van der Waals surface area contributed by atoms with Crippen molar-refractivity contribution < 1.29 is 4.74 Å². The zero-order chi connectivity index (χ0) is 28.6. The number of hydrogen-bond donors (Lipinski definition) is 2. The van der Waals surface area contributed by atoms with Crippen molar-refractivity contribution in [2.45, 2.75) is 19.9 Å². The molecule has 0 unspecified atom stereocenters. The number of imidazole rings is 1. The van der Waals surface area contributed by atoms with Crippen molar-refractivity contribution in [3.8, 4) is 28.5 Å². The van der Waals surface area contributed by atoms with E-state index in [1.54, 1.807) is 12.4 Å². The molecule has 1 fully saturated rings. The van der Waals surface area contributed by atoms with E-state index in [1.807, 2.05) is 54.9 Å². The molecule has 1 aliphatic rings. The smallest absolute Gasteiger partial charge is 0.227 e. The Morgan fingerprint density at radius 3 is 2.57 bits per heavy atom. The molecule has 1 saturated heterocycles. The van der Waals surface area contributed by atoms with Crippen LogP contribution in [0.25, 0.3) is 22.8 Å². The van der Waals surface area contributed by atoms with Crippen LogP contribution < -0.4 is 10.1 Å². The third-order valence-electron chi connectivity index (χ3n) is 7.40. The number of aromatic amines is 1. The first-order chi connectivity index (χ1) is 20.7. The van der Waals surface area contributed by atoms with Gasteiger partial charge in [-0.2, -0.15) is 0 Å². The molecule has 2 N–H and O–H groups in total. The van der Waals surface area contributed by atoms with Gasteiger partial charge in [-0.15, -0.1) is 0 Å². The molecule has 6 rings (SSSR count). The largest absolute Gasteiger partial charge is 0.493 e. The number of anilines is 2. The number of piperazine rings is 1. The number of hydrogen-bond acceptors (Lipinski definition) is 8. The zero-order valence-electron chi connectivity index (χ0n) is 23.9. The van der Waals surface area contributed by atoms with Gasteiger partial charge in [0.05, 0.1) is 24.2 Å². The summed E-state index contributed by atoms with van der Waals surface area (Å²) in [5, 5.41) is 3.31. The average Bonchev–Trinajstić information content (AvgIpc) is 3.52. The van der Waals surface area contributed by atoms with Gasteiger partial charge in [0.2, 0.25) is 5.95 Å². The fourth-order valence-corrected chi connectivity index (χ4v) is 5.15. The molecule has 9 nitrogen and oxygen atoms in total. The molecule has 2 aromatic carbocycles. The van der Waals surface area contributed by atoms with Gasteiger partial charge in [0.25, 0.3) is 0 Å². The van der Waals surface area contributed by atoms with Crippen LogP contribution in [0.2, 0.25) is 0 Å². The number of rotatable bonds is 11. The molecular formula is C33H36N8O. The Balaban J connectivity index is 0.970. The number of ether oxygens (including phenoxy) is 1. The van der Waals surface area contributed by atoms with Crippen LogP contribution in [0.3, 0.4) is 0 Å². The predicted molar refractivity (Wildman–Crippen MR) is 166 cm³/mol. The number of nitrogens with zero attached hydrogens (tertiary/aromatic N) is 6. The topological polar surface area (TPSA) is 95.1 Å². The summed E-state index contributed by atoms with van der Waals surface area (Å²) in [5.74, 6) is 2.16. The summed E-state index contributed by atoms with van der Waals surface area (Å²) in [6.45, 7) is 9.16. The van der Waals surface area contributed by atoms with Crippen molar-refractivity contribution in [3.05, 3.63) is 103 Å². The van der Waals surface area contributed by atoms with Gasteiger partial charge < -0.3 is 19.9 Å². The summed E-state index contributed by atoms with van der Waals surface area (Å²) in [7, 11) is 0. The molecule has 5 aromatic rings. The first-order valence-corrected chi connectivity index (χ1v) is 14.5. The van der Waals surface area contributed by atoms with Crippen molar-refractivity contribution in [1.82, 2.24) is 34.7 Å². The first kappa shape index (κ1) is 27.6. The zero-order valence-corrected chi connectivity index (χ0v) is 23.9. The average molecular weight is 561 g/mol. The lowest BCUT2D eigenvalue weighted by atomic mass is 10.1. The lowest BCUT2D eigenvalue weighted by molar-refractivity contribution is 0.121. The molecule has 4 heterocycles. The van der Waals surface area contributed by atoms with E-state index in [0.29, 0.717) is 12.6 Å². The van der Waals surface area contributed by atoms with E-state index < -0.39 is 0 Å². The third-order valence-corrected chi connectivity index (χ3v) is 7.40. The highest BCUT2D eigenvalue weighted by atomic mass is 16.5. The van der Waals surface area contributed by atoms with E-state index in [-0.39, 0.29) is 0 Å². The minimum atomic E-state index is 0.513. The minimum absolute atomic E-state index is 0.513. The highest BCUT2D eigenvalue weighted by Crippen LogP contribution is 2.24. The molecule has 9 heteroatoms. The summed E-state index contributed by atoms with van der Waals surface area (Å²) < 4.78 is 6.08. The number of pyridine rings is 1. The Kier molecular flexibility index (Phi) is 8.78. The Morgan fingerprint density at radius 1 is 0.881 bits per heavy atom. The Morgan fingerprint density at radius 2 is 1.71 bits per heavy atom. The molecule has 0 atom stereocenters. The molecule has 0 amide bonds. The molecule has 42 heavy (non-hydrogen) atoms. The van der Waals surface area contributed by atoms with Crippen LogP contribution in [0, 0.1) is 6.92 Å². The van der Waals surface area contributed by atoms with Gasteiger partial charge in [-0.3, -0.25) is 9.88 Å². The molecule has 3 aromatic heterocycles. The molecule has 0 radical (unpaired) electrons. The lowest BCUT2D eigenvalue weighted by Crippen LogP contribution is -2.46. The SMILES string of the molecule is Cc1cccc(-c2ncc(-c3ccnc(Nc4cccc(OCCCN5CCN(Cc6ccncc6)CC5)c4)n3)[nH]2)c1. The van der Waals surface area contributed by atoms with Gasteiger partial charge in [0, 0.05) is 75.2 Å². The lowest BCUT2D eigenvalue weighted by Gasteiger charge is -2.34. The number of benzene rings is 2. The fraction of sp³-hybridized carbons (Fsp3) is 0.273. The number of aryl methyl sites for hydroxylation is 1. The molecule has 0 aliphatic carbocycles. The van der Waals surface area contributed by atoms with Crippen molar-refractivity contribution in [1.29, 1.82) is 0 Å². The monoisotopic (exact) mass is 560 g/mol. The second-order valence-corrected chi connectivity index (χ2v) is 10.6. The maximum Gasteiger partial charge on any atom is 0.227 e. The number of H-pyrrole nitrogens is 1. The van der Waals surface area contributed by atoms with Gasteiger partial charge in [0.15, 0.2) is 0 Å². The van der Waals surface area contributed by atoms with Crippen LogP contribution in [0.4, 0.5) is 11.6 Å². The van der Waals surface area contributed by atoms with Crippen molar-refractivity contribution in [2.24, 2.45) is 0 Å². The molecule has 0 spiro atoms. The van der Waals surface area contributed by atoms with Crippen LogP contribution in [0.15, 0.2) is 91.5 Å². The van der Waals surface area contributed by atoms with Crippen molar-refractivity contribution in [3.63, 3.8) is 0 Å². The van der Waals surface area contributed by atoms with E-state index in [4.69, 9.17) is 9.72 Å². The molecule has 0 bridgehead atoms. The molecule has 0 saturated carbocycles. The number of aromatic nitrogens is 5. The first-order valence-electron chi connectivity index (χ1n) is 14.5. The van der Waals surface area contributed by atoms with Crippen LogP contribution in [-0.4, -0.2) is 74.1 Å². The predicted octanol–water partition coefficient (Wildman–Crippen LogP) is 5.57. The van der Waals surface area contributed by atoms with Crippen LogP contribution in [0.1, 0.15) is 17.5 Å². The van der Waals surface area contributed by atoms with E-state index in [1.165, 1.54) is 11.1 Å². The second kappa shape index (κ2) is 13.4. The summed E-state index contributed by atoms with van der Waals surface area (Å²) in [4.78, 5) is 26.2. The maximum absolute atomic E-state index is 6.08. The Labute approximate surface area is 246 Å². The second-order valence-electron chi connectivity index (χ2n) is 10.6. The minimum Gasteiger partial charge on any atom is -0.493 e. The van der Waals surface area contributed by atoms with Crippen molar-refractivity contribution in [2.75, 3.05) is 44.6 Å². The maximum atomic E-state index is 6.08. The van der Waals surface area contributed by atoms with E-state index in [9.17, 15) is 0 Å². The standard InChI is InChI=1S/C33H36N8O/c1-25-5-2-6-27(21-25)32-36-23-31(38-32)30-11-14-35-33(39-30)37-28-7-3-8-29(22-28)42-20-4-15-40-16-18-41(19-17-40)24-26-9-12-34-13-10-26/h2-3,5-14,21-23H,4,15-20,24H2,1H3,(H,36,38)(H,35,37,39). The Hall–Kier alpha value is -4.60. The quantitative estimate of drug-likeness (QED) is 0.203. The van der Waals surface area contributed by atoms with Crippen LogP contribution in [0.5, 0.6) is 5.75 Å². The van der Waals surface area contributed by atoms with Crippen molar-refractivity contribution >= 4 is 11.6 Å². The highest BCUT2D eigenvalue weighted by molar-refractivity contribution is 5.64. The van der Waals surface area contributed by atoms with Gasteiger partial charge in [-0.05, 0) is 55.3 Å². The van der Waals surface area contributed by atoms with E-state index in [2.05, 4.69) is 66.2 Å². The summed E-state index contributed by atoms with van der Waals surface area (Å²) in [5.41, 5.74) is 6.05. The summed E-state index contributed by atoms with van der Waals surface area (Å²) in [6, 6.07) is 22.3. The Bertz CT molecular complexity index is 1580.